The normalized spacial score (nSPS) is 15.0. The van der Waals surface area contributed by atoms with Crippen LogP contribution in [0.25, 0.3) is 10.9 Å². The lowest BCUT2D eigenvalue weighted by atomic mass is 9.98. The van der Waals surface area contributed by atoms with Crippen LogP contribution in [-0.4, -0.2) is 29.7 Å². The van der Waals surface area contributed by atoms with Crippen LogP contribution in [0.5, 0.6) is 0 Å². The highest BCUT2D eigenvalue weighted by molar-refractivity contribution is 6.30. The summed E-state index contributed by atoms with van der Waals surface area (Å²) in [6, 6.07) is 17.0. The molecule has 0 unspecified atom stereocenters. The predicted octanol–water partition coefficient (Wildman–Crippen LogP) is 6.59. The zero-order valence-corrected chi connectivity index (χ0v) is 21.0. The molecule has 0 bridgehead atoms. The van der Waals surface area contributed by atoms with Gasteiger partial charge >= 0.3 is 0 Å². The first kappa shape index (κ1) is 24.6. The van der Waals surface area contributed by atoms with Gasteiger partial charge in [-0.2, -0.15) is 0 Å². The molecule has 1 aliphatic heterocycles. The van der Waals surface area contributed by atoms with Gasteiger partial charge in [0.2, 0.25) is 0 Å². The van der Waals surface area contributed by atoms with E-state index in [-0.39, 0.29) is 17.9 Å². The van der Waals surface area contributed by atoms with E-state index in [1.165, 1.54) is 22.2 Å². The summed E-state index contributed by atoms with van der Waals surface area (Å²) in [5.41, 5.74) is 4.92. The van der Waals surface area contributed by atoms with Crippen molar-refractivity contribution in [1.82, 2.24) is 10.3 Å². The minimum Gasteiger partial charge on any atom is -0.371 e. The maximum absolute atomic E-state index is 6.03. The zero-order valence-electron chi connectivity index (χ0n) is 19.4. The molecule has 0 atom stereocenters. The van der Waals surface area contributed by atoms with Gasteiger partial charge in [0.05, 0.1) is 11.2 Å². The van der Waals surface area contributed by atoms with Crippen LogP contribution in [0.1, 0.15) is 44.7 Å². The number of piperidine rings is 1. The molecule has 1 saturated heterocycles. The van der Waals surface area contributed by atoms with Crippen molar-refractivity contribution in [3.05, 3.63) is 64.7 Å². The molecule has 1 aliphatic rings. The first-order valence-electron chi connectivity index (χ1n) is 11.2. The average molecular weight is 473 g/mol. The van der Waals surface area contributed by atoms with Crippen molar-refractivity contribution in [2.24, 2.45) is 0 Å². The Balaban J connectivity index is 0.00000289. The smallest absolute Gasteiger partial charge is 0.131 e. The molecule has 6 heteroatoms. The van der Waals surface area contributed by atoms with Crippen LogP contribution in [0.15, 0.2) is 48.5 Å². The summed E-state index contributed by atoms with van der Waals surface area (Å²) in [6.07, 6.45) is 2.31. The van der Waals surface area contributed by atoms with E-state index in [2.05, 4.69) is 79.6 Å². The van der Waals surface area contributed by atoms with Crippen LogP contribution in [0.4, 0.5) is 11.5 Å². The SMILES string of the molecule is Cc1c(NCc2ccc(Cl)cc2)nc2ccccc2c1N1CCC(NC(C)(C)C)CC1.Cl. The van der Waals surface area contributed by atoms with E-state index >= 15 is 0 Å². The van der Waals surface area contributed by atoms with E-state index in [1.807, 2.05) is 12.1 Å². The molecular weight excluding hydrogens is 439 g/mol. The lowest BCUT2D eigenvalue weighted by Crippen LogP contribution is -2.49. The van der Waals surface area contributed by atoms with Gasteiger partial charge in [-0.25, -0.2) is 4.98 Å². The molecule has 32 heavy (non-hydrogen) atoms. The summed E-state index contributed by atoms with van der Waals surface area (Å²) in [4.78, 5) is 7.50. The number of rotatable bonds is 5. The molecule has 0 saturated carbocycles. The second kappa shape index (κ2) is 10.3. The Labute approximate surface area is 203 Å². The molecule has 2 aromatic carbocycles. The fraction of sp³-hybridized carbons (Fsp3) is 0.423. The van der Waals surface area contributed by atoms with Crippen molar-refractivity contribution < 1.29 is 0 Å². The topological polar surface area (TPSA) is 40.2 Å². The minimum absolute atomic E-state index is 0. The van der Waals surface area contributed by atoms with Crippen LogP contribution in [0, 0.1) is 6.92 Å². The standard InChI is InChI=1S/C26H33ClN4.ClH/c1-18-24(31-15-13-21(14-16-31)30-26(2,3)4)22-7-5-6-8-23(22)29-25(18)28-17-19-9-11-20(27)12-10-19;/h5-12,21,30H,13-17H2,1-4H3,(H,28,29);1H. The second-order valence-electron chi connectivity index (χ2n) is 9.59. The number of halogens is 2. The maximum Gasteiger partial charge on any atom is 0.131 e. The molecule has 0 amide bonds. The van der Waals surface area contributed by atoms with Crippen molar-refractivity contribution in [3.8, 4) is 0 Å². The zero-order chi connectivity index (χ0) is 22.0. The Bertz CT molecular complexity index is 1040. The van der Waals surface area contributed by atoms with Gasteiger partial charge in [0.15, 0.2) is 0 Å². The number of benzene rings is 2. The third-order valence-electron chi connectivity index (χ3n) is 5.92. The van der Waals surface area contributed by atoms with Gasteiger partial charge in [0.1, 0.15) is 5.82 Å². The van der Waals surface area contributed by atoms with Gasteiger partial charge in [0.25, 0.3) is 0 Å². The predicted molar refractivity (Wildman–Crippen MR) is 141 cm³/mol. The van der Waals surface area contributed by atoms with Crippen molar-refractivity contribution >= 4 is 46.4 Å². The molecule has 3 aromatic rings. The summed E-state index contributed by atoms with van der Waals surface area (Å²) in [5, 5.41) is 9.34. The monoisotopic (exact) mass is 472 g/mol. The molecule has 0 radical (unpaired) electrons. The van der Waals surface area contributed by atoms with Gasteiger partial charge in [-0.15, -0.1) is 12.4 Å². The van der Waals surface area contributed by atoms with E-state index in [9.17, 15) is 0 Å². The van der Waals surface area contributed by atoms with E-state index in [4.69, 9.17) is 16.6 Å². The Morgan fingerprint density at radius 1 is 1.03 bits per heavy atom. The summed E-state index contributed by atoms with van der Waals surface area (Å²) >= 11 is 6.03. The molecule has 172 valence electrons. The first-order chi connectivity index (χ1) is 14.8. The average Bonchev–Trinajstić information content (AvgIpc) is 2.73. The highest BCUT2D eigenvalue weighted by atomic mass is 35.5. The van der Waals surface area contributed by atoms with Crippen molar-refractivity contribution in [3.63, 3.8) is 0 Å². The van der Waals surface area contributed by atoms with Crippen LogP contribution in [0.2, 0.25) is 5.02 Å². The lowest BCUT2D eigenvalue weighted by molar-refractivity contribution is 0.317. The molecule has 4 nitrogen and oxygen atoms in total. The molecule has 1 aromatic heterocycles. The van der Waals surface area contributed by atoms with Crippen molar-refractivity contribution in [2.45, 2.75) is 58.7 Å². The third-order valence-corrected chi connectivity index (χ3v) is 6.18. The summed E-state index contributed by atoms with van der Waals surface area (Å²) in [7, 11) is 0. The van der Waals surface area contributed by atoms with Crippen molar-refractivity contribution in [1.29, 1.82) is 0 Å². The summed E-state index contributed by atoms with van der Waals surface area (Å²) < 4.78 is 0. The van der Waals surface area contributed by atoms with E-state index in [0.29, 0.717) is 6.04 Å². The van der Waals surface area contributed by atoms with Gasteiger partial charge in [-0.3, -0.25) is 0 Å². The molecule has 0 aliphatic carbocycles. The maximum atomic E-state index is 6.03. The number of hydrogen-bond donors (Lipinski definition) is 2. The van der Waals surface area contributed by atoms with Gasteiger partial charge in [-0.1, -0.05) is 41.9 Å². The number of para-hydroxylation sites is 1. The van der Waals surface area contributed by atoms with Gasteiger partial charge in [-0.05, 0) is 64.3 Å². The van der Waals surface area contributed by atoms with E-state index in [1.54, 1.807) is 0 Å². The molecule has 2 heterocycles. The Morgan fingerprint density at radius 2 is 1.69 bits per heavy atom. The fourth-order valence-corrected chi connectivity index (χ4v) is 4.64. The number of nitrogens with zero attached hydrogens (tertiary/aromatic N) is 2. The Morgan fingerprint density at radius 3 is 2.34 bits per heavy atom. The fourth-order valence-electron chi connectivity index (χ4n) is 4.52. The second-order valence-corrected chi connectivity index (χ2v) is 10.0. The molecule has 1 fully saturated rings. The number of nitrogens with one attached hydrogen (secondary N) is 2. The van der Waals surface area contributed by atoms with Crippen LogP contribution in [0.3, 0.4) is 0 Å². The number of aromatic nitrogens is 1. The first-order valence-corrected chi connectivity index (χ1v) is 11.6. The van der Waals surface area contributed by atoms with Crippen LogP contribution in [-0.2, 0) is 6.54 Å². The van der Waals surface area contributed by atoms with E-state index < -0.39 is 0 Å². The van der Waals surface area contributed by atoms with E-state index in [0.717, 1.165) is 48.8 Å². The molecule has 4 rings (SSSR count). The molecule has 2 N–H and O–H groups in total. The van der Waals surface area contributed by atoms with Gasteiger partial charge in [0, 0.05) is 47.2 Å². The van der Waals surface area contributed by atoms with Crippen molar-refractivity contribution in [2.75, 3.05) is 23.3 Å². The summed E-state index contributed by atoms with van der Waals surface area (Å²) in [6.45, 7) is 11.8. The summed E-state index contributed by atoms with van der Waals surface area (Å²) in [5.74, 6) is 0.957. The Kier molecular flexibility index (Phi) is 7.92. The Hall–Kier alpha value is -2.01. The third kappa shape index (κ3) is 5.86. The van der Waals surface area contributed by atoms with Crippen LogP contribution < -0.4 is 15.5 Å². The number of pyridine rings is 1. The lowest BCUT2D eigenvalue weighted by Gasteiger charge is -2.38. The molecular formula is C26H34Cl2N4. The quantitative estimate of drug-likeness (QED) is 0.439. The number of anilines is 2. The largest absolute Gasteiger partial charge is 0.371 e. The number of fused-ring (bicyclic) bond motifs is 1. The number of hydrogen-bond acceptors (Lipinski definition) is 4. The van der Waals surface area contributed by atoms with Crippen LogP contribution >= 0.6 is 24.0 Å². The highest BCUT2D eigenvalue weighted by Gasteiger charge is 2.25. The molecule has 0 spiro atoms. The minimum atomic E-state index is 0. The van der Waals surface area contributed by atoms with Gasteiger partial charge < -0.3 is 15.5 Å². The highest BCUT2D eigenvalue weighted by Crippen LogP contribution is 2.35.